The lowest BCUT2D eigenvalue weighted by Gasteiger charge is -2.25. The minimum absolute atomic E-state index is 0.470. The predicted octanol–water partition coefficient (Wildman–Crippen LogP) is 2.81. The number of hydrogen-bond donors (Lipinski definition) is 2. The Balaban J connectivity index is 1.64. The molecule has 2 saturated carbocycles. The van der Waals surface area contributed by atoms with Gasteiger partial charge in [-0.25, -0.2) is 4.98 Å². The van der Waals surface area contributed by atoms with E-state index in [1.807, 2.05) is 0 Å². The molecule has 3 aliphatic rings. The number of rotatable bonds is 3. The maximum atomic E-state index is 5.91. The number of aromatic nitrogens is 1. The highest BCUT2D eigenvalue weighted by Crippen LogP contribution is 2.45. The van der Waals surface area contributed by atoms with Gasteiger partial charge in [-0.2, -0.15) is 0 Å². The van der Waals surface area contributed by atoms with Crippen LogP contribution in [-0.4, -0.2) is 16.0 Å². The number of anilines is 1. The average Bonchev–Trinajstić information content (AvgIpc) is 3.12. The summed E-state index contributed by atoms with van der Waals surface area (Å²) < 4.78 is 0. The van der Waals surface area contributed by atoms with E-state index in [4.69, 9.17) is 22.9 Å². The molecule has 1 heterocycles. The van der Waals surface area contributed by atoms with Gasteiger partial charge in [-0.3, -0.25) is 0 Å². The third-order valence-electron chi connectivity index (χ3n) is 5.38. The fourth-order valence-corrected chi connectivity index (χ4v) is 4.52. The van der Waals surface area contributed by atoms with Crippen LogP contribution in [0.5, 0.6) is 0 Å². The van der Waals surface area contributed by atoms with Gasteiger partial charge in [0.1, 0.15) is 10.8 Å². The summed E-state index contributed by atoms with van der Waals surface area (Å²) in [7, 11) is 0. The molecule has 20 heavy (non-hydrogen) atoms. The van der Waals surface area contributed by atoms with E-state index in [1.54, 1.807) is 0 Å². The van der Waals surface area contributed by atoms with E-state index >= 15 is 0 Å². The van der Waals surface area contributed by atoms with E-state index < -0.39 is 0 Å². The third-order valence-corrected chi connectivity index (χ3v) is 5.60. The van der Waals surface area contributed by atoms with Crippen molar-refractivity contribution in [3.05, 3.63) is 22.9 Å². The summed E-state index contributed by atoms with van der Waals surface area (Å²) in [4.78, 5) is 5.31. The van der Waals surface area contributed by atoms with Crippen LogP contribution in [-0.2, 0) is 12.8 Å². The largest absolute Gasteiger partial charge is 0.389 e. The van der Waals surface area contributed by atoms with Crippen LogP contribution < -0.4 is 11.1 Å². The summed E-state index contributed by atoms with van der Waals surface area (Å²) in [5, 5.41) is 3.67. The second-order valence-electron chi connectivity index (χ2n) is 6.63. The zero-order valence-corrected chi connectivity index (χ0v) is 12.5. The van der Waals surface area contributed by atoms with Gasteiger partial charge in [0.05, 0.1) is 5.56 Å². The Kier molecular flexibility index (Phi) is 2.95. The van der Waals surface area contributed by atoms with Crippen LogP contribution in [0.25, 0.3) is 0 Å². The lowest BCUT2D eigenvalue weighted by Crippen LogP contribution is -2.28. The standard InChI is InChI=1S/C16H21N3S/c17-15(20)12-8-10-2-1-3-13(10)18-16(12)19-14-7-9-4-5-11(14)6-9/h8-9,11,14H,1-7H2,(H2,17,20)(H,18,19). The van der Waals surface area contributed by atoms with Gasteiger partial charge in [0, 0.05) is 11.7 Å². The van der Waals surface area contributed by atoms with Gasteiger partial charge in [0.15, 0.2) is 0 Å². The lowest BCUT2D eigenvalue weighted by molar-refractivity contribution is 0.439. The molecule has 0 radical (unpaired) electrons. The first-order chi connectivity index (χ1) is 9.70. The fourth-order valence-electron chi connectivity index (χ4n) is 4.37. The molecule has 4 rings (SSSR count). The first-order valence-electron chi connectivity index (χ1n) is 7.80. The summed E-state index contributed by atoms with van der Waals surface area (Å²) in [6.07, 6.45) is 8.89. The van der Waals surface area contributed by atoms with Crippen LogP contribution in [0.2, 0.25) is 0 Å². The molecular formula is C16H21N3S. The van der Waals surface area contributed by atoms with Crippen LogP contribution in [0.3, 0.4) is 0 Å². The van der Waals surface area contributed by atoms with Crippen molar-refractivity contribution in [2.75, 3.05) is 5.32 Å². The predicted molar refractivity (Wildman–Crippen MR) is 85.0 cm³/mol. The summed E-state index contributed by atoms with van der Waals surface area (Å²) in [5.74, 6) is 2.70. The van der Waals surface area contributed by atoms with E-state index in [0.29, 0.717) is 11.0 Å². The van der Waals surface area contributed by atoms with Crippen LogP contribution >= 0.6 is 12.2 Å². The number of pyridine rings is 1. The molecule has 3 nitrogen and oxygen atoms in total. The Labute approximate surface area is 125 Å². The van der Waals surface area contributed by atoms with Crippen molar-refractivity contribution in [1.29, 1.82) is 0 Å². The van der Waals surface area contributed by atoms with Crippen LogP contribution in [0, 0.1) is 11.8 Å². The molecule has 4 heteroatoms. The van der Waals surface area contributed by atoms with Crippen molar-refractivity contribution in [2.45, 2.75) is 51.0 Å². The topological polar surface area (TPSA) is 50.9 Å². The molecule has 3 aliphatic carbocycles. The minimum Gasteiger partial charge on any atom is -0.389 e. The van der Waals surface area contributed by atoms with Crippen molar-refractivity contribution >= 4 is 23.0 Å². The number of nitrogens with one attached hydrogen (secondary N) is 1. The highest BCUT2D eigenvalue weighted by atomic mass is 32.1. The highest BCUT2D eigenvalue weighted by molar-refractivity contribution is 7.80. The lowest BCUT2D eigenvalue weighted by atomic mass is 9.95. The van der Waals surface area contributed by atoms with Gasteiger partial charge in [-0.1, -0.05) is 18.6 Å². The van der Waals surface area contributed by atoms with Crippen LogP contribution in [0.1, 0.15) is 48.9 Å². The number of nitrogens with zero attached hydrogens (tertiary/aromatic N) is 1. The van der Waals surface area contributed by atoms with Crippen molar-refractivity contribution < 1.29 is 0 Å². The Bertz CT molecular complexity index is 569. The van der Waals surface area contributed by atoms with E-state index in [-0.39, 0.29) is 0 Å². The first-order valence-corrected chi connectivity index (χ1v) is 8.20. The number of hydrogen-bond acceptors (Lipinski definition) is 3. The van der Waals surface area contributed by atoms with Gasteiger partial charge in [-0.15, -0.1) is 0 Å². The number of thiocarbonyl (C=S) groups is 1. The molecular weight excluding hydrogens is 266 g/mol. The molecule has 3 N–H and O–H groups in total. The van der Waals surface area contributed by atoms with Crippen molar-refractivity contribution in [1.82, 2.24) is 4.98 Å². The average molecular weight is 287 g/mol. The Morgan fingerprint density at radius 3 is 2.90 bits per heavy atom. The summed E-state index contributed by atoms with van der Waals surface area (Å²) in [6, 6.07) is 2.75. The molecule has 1 aromatic heterocycles. The normalized spacial score (nSPS) is 30.5. The Morgan fingerprint density at radius 2 is 2.20 bits per heavy atom. The molecule has 0 aromatic carbocycles. The molecule has 3 unspecified atom stereocenters. The fraction of sp³-hybridized carbons (Fsp3) is 0.625. The monoisotopic (exact) mass is 287 g/mol. The SMILES string of the molecule is NC(=S)c1cc2c(nc1NC1CC3CCC1C3)CCC2. The minimum atomic E-state index is 0.470. The first kappa shape index (κ1) is 12.6. The number of fused-ring (bicyclic) bond motifs is 3. The molecule has 106 valence electrons. The molecule has 2 bridgehead atoms. The second kappa shape index (κ2) is 4.69. The smallest absolute Gasteiger partial charge is 0.136 e. The van der Waals surface area contributed by atoms with Gasteiger partial charge >= 0.3 is 0 Å². The maximum absolute atomic E-state index is 5.91. The molecule has 0 aliphatic heterocycles. The number of nitrogens with two attached hydrogens (primary N) is 1. The van der Waals surface area contributed by atoms with Gasteiger partial charge in [0.2, 0.25) is 0 Å². The van der Waals surface area contributed by atoms with Crippen LogP contribution in [0.4, 0.5) is 5.82 Å². The second-order valence-corrected chi connectivity index (χ2v) is 7.07. The van der Waals surface area contributed by atoms with Crippen molar-refractivity contribution in [3.8, 4) is 0 Å². The zero-order chi connectivity index (χ0) is 13.7. The zero-order valence-electron chi connectivity index (χ0n) is 11.7. The quantitative estimate of drug-likeness (QED) is 0.839. The van der Waals surface area contributed by atoms with E-state index in [2.05, 4.69) is 11.4 Å². The third kappa shape index (κ3) is 2.01. The summed E-state index contributed by atoms with van der Waals surface area (Å²) >= 11 is 5.23. The molecule has 3 atom stereocenters. The van der Waals surface area contributed by atoms with Crippen molar-refractivity contribution in [2.24, 2.45) is 17.6 Å². The van der Waals surface area contributed by atoms with Gasteiger partial charge in [0.25, 0.3) is 0 Å². The Morgan fingerprint density at radius 1 is 1.30 bits per heavy atom. The van der Waals surface area contributed by atoms with Crippen molar-refractivity contribution in [3.63, 3.8) is 0 Å². The Hall–Kier alpha value is -1.16. The molecule has 0 amide bonds. The summed E-state index contributed by atoms with van der Waals surface area (Å²) in [6.45, 7) is 0. The highest BCUT2D eigenvalue weighted by Gasteiger charge is 2.39. The van der Waals surface area contributed by atoms with E-state index in [1.165, 1.54) is 43.4 Å². The summed E-state index contributed by atoms with van der Waals surface area (Å²) in [5.41, 5.74) is 9.44. The molecule has 0 saturated heterocycles. The molecule has 2 fully saturated rings. The van der Waals surface area contributed by atoms with Crippen LogP contribution in [0.15, 0.2) is 6.07 Å². The van der Waals surface area contributed by atoms with Gasteiger partial charge in [-0.05, 0) is 62.0 Å². The van der Waals surface area contributed by atoms with E-state index in [0.717, 1.165) is 36.1 Å². The molecule has 1 aromatic rings. The molecule has 0 spiro atoms. The number of aryl methyl sites for hydroxylation is 2. The van der Waals surface area contributed by atoms with Gasteiger partial charge < -0.3 is 11.1 Å². The van der Waals surface area contributed by atoms with E-state index in [9.17, 15) is 0 Å². The maximum Gasteiger partial charge on any atom is 0.136 e.